The summed E-state index contributed by atoms with van der Waals surface area (Å²) in [6.07, 6.45) is 1.97. The fourth-order valence-electron chi connectivity index (χ4n) is 2.01. The molecule has 0 fully saturated rings. The van der Waals surface area contributed by atoms with Gasteiger partial charge in [0.25, 0.3) is 0 Å². The van der Waals surface area contributed by atoms with Gasteiger partial charge < -0.3 is 14.6 Å². The van der Waals surface area contributed by atoms with E-state index in [-0.39, 0.29) is 22.6 Å². The van der Waals surface area contributed by atoms with E-state index in [1.54, 1.807) is 0 Å². The van der Waals surface area contributed by atoms with Crippen LogP contribution in [0.4, 0.5) is 8.78 Å². The number of halogens is 2. The molecule has 23 heavy (non-hydrogen) atoms. The van der Waals surface area contributed by atoms with Gasteiger partial charge in [0.1, 0.15) is 34.4 Å². The number of phenols is 1. The SMILES string of the molecule is COc1cc(O)c(C(=O)/C=C/c2c(F)cccc2F)c(OC)c1. The van der Waals surface area contributed by atoms with Gasteiger partial charge in [0.15, 0.2) is 5.78 Å². The zero-order valence-corrected chi connectivity index (χ0v) is 12.5. The minimum absolute atomic E-state index is 0.0884. The Bertz CT molecular complexity index is 749. The maximum atomic E-state index is 13.5. The molecule has 0 amide bonds. The first-order valence-electron chi connectivity index (χ1n) is 6.59. The molecule has 120 valence electrons. The molecule has 0 aliphatic heterocycles. The van der Waals surface area contributed by atoms with Gasteiger partial charge in [-0.25, -0.2) is 8.78 Å². The average Bonchev–Trinajstić information content (AvgIpc) is 2.53. The zero-order chi connectivity index (χ0) is 17.0. The molecule has 2 aromatic carbocycles. The summed E-state index contributed by atoms with van der Waals surface area (Å²) in [6.45, 7) is 0. The summed E-state index contributed by atoms with van der Waals surface area (Å²) >= 11 is 0. The fourth-order valence-corrected chi connectivity index (χ4v) is 2.01. The molecule has 0 radical (unpaired) electrons. The zero-order valence-electron chi connectivity index (χ0n) is 12.5. The van der Waals surface area contributed by atoms with Crippen molar-refractivity contribution < 1.29 is 28.2 Å². The molecule has 2 rings (SSSR count). The first-order chi connectivity index (χ1) is 11.0. The van der Waals surface area contributed by atoms with Crippen LogP contribution in [0.1, 0.15) is 15.9 Å². The van der Waals surface area contributed by atoms with E-state index in [1.807, 2.05) is 0 Å². The molecule has 0 heterocycles. The Morgan fingerprint density at radius 3 is 2.35 bits per heavy atom. The molecule has 6 heteroatoms. The minimum atomic E-state index is -0.792. The second kappa shape index (κ2) is 6.91. The Balaban J connectivity index is 2.40. The van der Waals surface area contributed by atoms with Gasteiger partial charge in [-0.2, -0.15) is 0 Å². The van der Waals surface area contributed by atoms with Crippen molar-refractivity contribution in [3.8, 4) is 17.2 Å². The van der Waals surface area contributed by atoms with Crippen LogP contribution in [-0.2, 0) is 0 Å². The van der Waals surface area contributed by atoms with E-state index in [9.17, 15) is 18.7 Å². The molecule has 0 spiro atoms. The van der Waals surface area contributed by atoms with Crippen molar-refractivity contribution in [1.29, 1.82) is 0 Å². The molecule has 4 nitrogen and oxygen atoms in total. The molecule has 0 atom stereocenters. The Morgan fingerprint density at radius 1 is 1.13 bits per heavy atom. The molecule has 0 aliphatic carbocycles. The van der Waals surface area contributed by atoms with E-state index >= 15 is 0 Å². The van der Waals surface area contributed by atoms with Crippen LogP contribution in [0.2, 0.25) is 0 Å². The molecule has 0 unspecified atom stereocenters. The van der Waals surface area contributed by atoms with Crippen molar-refractivity contribution in [2.24, 2.45) is 0 Å². The standard InChI is InChI=1S/C17H14F2O4/c1-22-10-8-15(21)17(16(9-10)23-2)14(20)7-6-11-12(18)4-3-5-13(11)19/h3-9,21H,1-2H3/b7-6+. The molecule has 2 aromatic rings. The van der Waals surface area contributed by atoms with Gasteiger partial charge in [-0.3, -0.25) is 4.79 Å². The quantitative estimate of drug-likeness (QED) is 0.676. The highest BCUT2D eigenvalue weighted by molar-refractivity contribution is 6.10. The Kier molecular flexibility index (Phi) is 4.95. The summed E-state index contributed by atoms with van der Waals surface area (Å²) < 4.78 is 37.1. The van der Waals surface area contributed by atoms with E-state index in [1.165, 1.54) is 32.4 Å². The van der Waals surface area contributed by atoms with Gasteiger partial charge in [-0.15, -0.1) is 0 Å². The number of carbonyl (C=O) groups excluding carboxylic acids is 1. The van der Waals surface area contributed by atoms with Gasteiger partial charge in [0.05, 0.1) is 14.2 Å². The summed E-state index contributed by atoms with van der Waals surface area (Å²) in [7, 11) is 2.72. The van der Waals surface area contributed by atoms with Crippen molar-refractivity contribution in [3.63, 3.8) is 0 Å². The lowest BCUT2D eigenvalue weighted by molar-refractivity contribution is 0.104. The van der Waals surface area contributed by atoms with Crippen molar-refractivity contribution in [2.75, 3.05) is 14.2 Å². The van der Waals surface area contributed by atoms with E-state index in [2.05, 4.69) is 0 Å². The maximum Gasteiger partial charge on any atom is 0.193 e. The van der Waals surface area contributed by atoms with Gasteiger partial charge in [-0.05, 0) is 24.3 Å². The molecular formula is C17H14F2O4. The van der Waals surface area contributed by atoms with Gasteiger partial charge >= 0.3 is 0 Å². The molecule has 1 N–H and O–H groups in total. The highest BCUT2D eigenvalue weighted by atomic mass is 19.1. The van der Waals surface area contributed by atoms with Crippen LogP contribution in [0.5, 0.6) is 17.2 Å². The van der Waals surface area contributed by atoms with Crippen LogP contribution < -0.4 is 9.47 Å². The highest BCUT2D eigenvalue weighted by Crippen LogP contribution is 2.34. The van der Waals surface area contributed by atoms with Crippen LogP contribution in [0.3, 0.4) is 0 Å². The largest absolute Gasteiger partial charge is 0.507 e. The van der Waals surface area contributed by atoms with Gasteiger partial charge in [0, 0.05) is 17.7 Å². The van der Waals surface area contributed by atoms with E-state index < -0.39 is 17.4 Å². The number of aromatic hydroxyl groups is 1. The minimum Gasteiger partial charge on any atom is -0.507 e. The predicted octanol–water partition coefficient (Wildman–Crippen LogP) is 3.58. The van der Waals surface area contributed by atoms with Crippen LogP contribution >= 0.6 is 0 Å². The molecular weight excluding hydrogens is 306 g/mol. The number of hydrogen-bond acceptors (Lipinski definition) is 4. The third-order valence-electron chi connectivity index (χ3n) is 3.16. The Morgan fingerprint density at radius 2 is 1.78 bits per heavy atom. The van der Waals surface area contributed by atoms with Gasteiger partial charge in [0.2, 0.25) is 0 Å². The lowest BCUT2D eigenvalue weighted by atomic mass is 10.1. The second-order valence-corrected chi connectivity index (χ2v) is 4.56. The van der Waals surface area contributed by atoms with Crippen molar-refractivity contribution in [2.45, 2.75) is 0 Å². The fraction of sp³-hybridized carbons (Fsp3) is 0.118. The molecule has 0 aliphatic rings. The van der Waals surface area contributed by atoms with E-state index in [0.717, 1.165) is 24.3 Å². The number of hydrogen-bond donors (Lipinski definition) is 1. The van der Waals surface area contributed by atoms with Crippen LogP contribution in [0.15, 0.2) is 36.4 Å². The summed E-state index contributed by atoms with van der Waals surface area (Å²) in [5.74, 6) is -2.21. The number of ether oxygens (including phenoxy) is 2. The normalized spacial score (nSPS) is 10.8. The highest BCUT2D eigenvalue weighted by Gasteiger charge is 2.17. The lowest BCUT2D eigenvalue weighted by Gasteiger charge is -2.10. The first kappa shape index (κ1) is 16.5. The number of ketones is 1. The van der Waals surface area contributed by atoms with Crippen molar-refractivity contribution in [3.05, 3.63) is 59.2 Å². The molecule has 0 aromatic heterocycles. The lowest BCUT2D eigenvalue weighted by Crippen LogP contribution is -2.01. The number of benzene rings is 2. The Hall–Kier alpha value is -2.89. The second-order valence-electron chi connectivity index (χ2n) is 4.56. The van der Waals surface area contributed by atoms with Gasteiger partial charge in [-0.1, -0.05) is 6.07 Å². The van der Waals surface area contributed by atoms with Crippen molar-refractivity contribution >= 4 is 11.9 Å². The summed E-state index contributed by atoms with van der Waals surface area (Å²) in [6, 6.07) is 6.05. The monoisotopic (exact) mass is 320 g/mol. The van der Waals surface area contributed by atoms with Crippen LogP contribution in [-0.4, -0.2) is 25.1 Å². The maximum absolute atomic E-state index is 13.5. The number of carbonyl (C=O) groups is 1. The summed E-state index contributed by atoms with van der Waals surface area (Å²) in [5.41, 5.74) is -0.464. The van der Waals surface area contributed by atoms with Crippen molar-refractivity contribution in [1.82, 2.24) is 0 Å². The molecule has 0 saturated carbocycles. The Labute approximate surface area is 131 Å². The van der Waals surface area contributed by atoms with E-state index in [4.69, 9.17) is 9.47 Å². The summed E-state index contributed by atoms with van der Waals surface area (Å²) in [4.78, 5) is 12.2. The van der Waals surface area contributed by atoms with E-state index in [0.29, 0.717) is 5.75 Å². The average molecular weight is 320 g/mol. The smallest absolute Gasteiger partial charge is 0.193 e. The van der Waals surface area contributed by atoms with Crippen LogP contribution in [0.25, 0.3) is 6.08 Å². The number of phenolic OH excluding ortho intramolecular Hbond substituents is 1. The number of allylic oxidation sites excluding steroid dienone is 1. The predicted molar refractivity (Wildman–Crippen MR) is 80.9 cm³/mol. The summed E-state index contributed by atoms with van der Waals surface area (Å²) in [5, 5.41) is 9.95. The first-order valence-corrected chi connectivity index (χ1v) is 6.59. The molecule has 0 saturated heterocycles. The number of rotatable bonds is 5. The number of methoxy groups -OCH3 is 2. The third kappa shape index (κ3) is 3.48. The molecule has 0 bridgehead atoms. The van der Waals surface area contributed by atoms with Crippen LogP contribution in [0, 0.1) is 11.6 Å². The topological polar surface area (TPSA) is 55.8 Å². The third-order valence-corrected chi connectivity index (χ3v) is 3.16.